The lowest BCUT2D eigenvalue weighted by Crippen LogP contribution is -2.67. The Hall–Kier alpha value is -3.05. The minimum atomic E-state index is -3.01. The van der Waals surface area contributed by atoms with Crippen molar-refractivity contribution in [2.45, 2.75) is 137 Å². The van der Waals surface area contributed by atoms with E-state index in [4.69, 9.17) is 13.9 Å². The third kappa shape index (κ3) is 8.55. The first-order valence-corrected chi connectivity index (χ1v) is 23.0. The molecule has 3 aliphatic carbocycles. The number of rotatable bonds is 13. The summed E-state index contributed by atoms with van der Waals surface area (Å²) in [6.07, 6.45) is 3.04. The lowest BCUT2D eigenvalue weighted by atomic mass is 9.43. The number of alkyl carbamates (subject to hydrolysis) is 1. The van der Waals surface area contributed by atoms with Crippen molar-refractivity contribution in [2.24, 2.45) is 34.0 Å². The number of Topliss-reactive ketones (excluding diaryl/α,β-unsaturated/α-hetero) is 1. The smallest absolute Gasteiger partial charge is 0.407 e. The number of carbonyl (C=O) groups is 3. The van der Waals surface area contributed by atoms with E-state index in [0.717, 1.165) is 29.6 Å². The first-order chi connectivity index (χ1) is 26.2. The Kier molecular flexibility index (Phi) is 13.4. The Morgan fingerprint density at radius 3 is 2.09 bits per heavy atom. The van der Waals surface area contributed by atoms with Gasteiger partial charge in [-0.25, -0.2) is 9.59 Å². The second kappa shape index (κ2) is 17.0. The van der Waals surface area contributed by atoms with Crippen LogP contribution in [0.4, 0.5) is 4.79 Å². The molecule has 56 heavy (non-hydrogen) atoms. The number of nitrogens with one attached hydrogen (secondary N) is 2. The van der Waals surface area contributed by atoms with E-state index < -0.39 is 54.4 Å². The molecule has 310 valence electrons. The van der Waals surface area contributed by atoms with E-state index in [1.165, 1.54) is 0 Å². The van der Waals surface area contributed by atoms with E-state index in [0.29, 0.717) is 45.3 Å². The van der Waals surface area contributed by atoms with Crippen molar-refractivity contribution in [3.8, 4) is 0 Å². The van der Waals surface area contributed by atoms with Crippen LogP contribution in [0.1, 0.15) is 114 Å². The van der Waals surface area contributed by atoms with Gasteiger partial charge >= 0.3 is 12.1 Å². The van der Waals surface area contributed by atoms with Crippen LogP contribution in [-0.4, -0.2) is 75.3 Å². The zero-order valence-corrected chi connectivity index (χ0v) is 36.8. The number of aliphatic hydroxyl groups is 1. The number of carbonyl (C=O) groups excluding carboxylic acids is 3. The van der Waals surface area contributed by atoms with Crippen LogP contribution in [0.25, 0.3) is 0 Å². The van der Waals surface area contributed by atoms with Crippen molar-refractivity contribution >= 4 is 36.5 Å². The van der Waals surface area contributed by atoms with Gasteiger partial charge in [0, 0.05) is 36.8 Å². The van der Waals surface area contributed by atoms with Crippen molar-refractivity contribution in [1.82, 2.24) is 10.6 Å². The van der Waals surface area contributed by atoms with Gasteiger partial charge in [0.15, 0.2) is 0 Å². The highest BCUT2D eigenvalue weighted by atomic mass is 28.4. The van der Waals surface area contributed by atoms with E-state index in [2.05, 4.69) is 83.4 Å². The predicted molar refractivity (Wildman–Crippen MR) is 224 cm³/mol. The number of hydrogen-bond donors (Lipinski definition) is 3. The first kappa shape index (κ1) is 44.1. The summed E-state index contributed by atoms with van der Waals surface area (Å²) in [4.78, 5) is 40.9. The maximum atomic E-state index is 14.4. The summed E-state index contributed by atoms with van der Waals surface area (Å²) < 4.78 is 19.1. The maximum Gasteiger partial charge on any atom is 0.407 e. The molecule has 3 saturated carbocycles. The average molecular weight is 791 g/mol. The summed E-state index contributed by atoms with van der Waals surface area (Å²) in [5.41, 5.74) is -2.17. The van der Waals surface area contributed by atoms with Crippen LogP contribution in [0.5, 0.6) is 0 Å². The molecule has 3 aliphatic rings. The van der Waals surface area contributed by atoms with Crippen molar-refractivity contribution in [2.75, 3.05) is 26.2 Å². The summed E-state index contributed by atoms with van der Waals surface area (Å²) in [6, 6.07) is 20.6. The Labute approximate surface area is 337 Å². The normalized spacial score (nSPS) is 30.8. The topological polar surface area (TPSA) is 123 Å². The van der Waals surface area contributed by atoms with Crippen LogP contribution >= 0.6 is 0 Å². The molecule has 0 heterocycles. The summed E-state index contributed by atoms with van der Waals surface area (Å²) >= 11 is 0. The lowest BCUT2D eigenvalue weighted by Gasteiger charge is -2.62. The van der Waals surface area contributed by atoms with Gasteiger partial charge in [-0.3, -0.25) is 4.79 Å². The van der Waals surface area contributed by atoms with E-state index in [1.54, 1.807) is 0 Å². The molecule has 3 N–H and O–H groups in total. The molecule has 8 atom stereocenters. The fraction of sp³-hybridized carbons (Fsp3) is 0.674. The molecular weight excluding hydrogens is 721 g/mol. The fourth-order valence-corrected chi connectivity index (χ4v) is 15.4. The summed E-state index contributed by atoms with van der Waals surface area (Å²) in [7, 11) is -3.01. The molecule has 1 amide bonds. The molecular formula is C46H70N2O7Si. The third-order valence-electron chi connectivity index (χ3n) is 14.1. The molecule has 0 aromatic heterocycles. The SMILES string of the molecule is CC[C@@]1(C)C[C@@H](OC(=O)CO[Si](c2ccccc2)(c2ccccc2)C(C)(C)C)[C@@]2(C)C3C(=O)CC[C@@]3(CC[C@H]2C)[C@@H](CNCCCNC(=O)OC(C)(C)C)[C@@H]1O. The molecule has 3 fully saturated rings. The average Bonchev–Trinajstić information content (AvgIpc) is 3.49. The van der Waals surface area contributed by atoms with E-state index in [-0.39, 0.29) is 35.2 Å². The fourth-order valence-electron chi connectivity index (χ4n) is 10.9. The Morgan fingerprint density at radius 1 is 0.929 bits per heavy atom. The molecule has 0 aliphatic heterocycles. The monoisotopic (exact) mass is 790 g/mol. The van der Waals surface area contributed by atoms with Gasteiger partial charge in [-0.15, -0.1) is 0 Å². The summed E-state index contributed by atoms with van der Waals surface area (Å²) in [6.45, 7) is 22.2. The van der Waals surface area contributed by atoms with Gasteiger partial charge in [0.2, 0.25) is 0 Å². The Morgan fingerprint density at radius 2 is 1.54 bits per heavy atom. The van der Waals surface area contributed by atoms with Crippen molar-refractivity contribution in [3.63, 3.8) is 0 Å². The molecule has 5 rings (SSSR count). The molecule has 2 bridgehead atoms. The molecule has 0 radical (unpaired) electrons. The number of hydrogen-bond acceptors (Lipinski definition) is 8. The zero-order chi connectivity index (χ0) is 41.2. The van der Waals surface area contributed by atoms with E-state index >= 15 is 0 Å². The zero-order valence-electron chi connectivity index (χ0n) is 35.8. The Balaban J connectivity index is 1.41. The second-order valence-corrected chi connectivity index (χ2v) is 23.9. The molecule has 9 nitrogen and oxygen atoms in total. The quantitative estimate of drug-likeness (QED) is 0.111. The van der Waals surface area contributed by atoms with Gasteiger partial charge in [0.1, 0.15) is 24.1 Å². The number of benzene rings is 2. The number of ether oxygens (including phenoxy) is 2. The van der Waals surface area contributed by atoms with Crippen LogP contribution in [0.2, 0.25) is 5.04 Å². The van der Waals surface area contributed by atoms with Gasteiger partial charge < -0.3 is 29.6 Å². The van der Waals surface area contributed by atoms with Gasteiger partial charge in [-0.1, -0.05) is 109 Å². The van der Waals surface area contributed by atoms with Crippen LogP contribution in [-0.2, 0) is 23.5 Å². The van der Waals surface area contributed by atoms with Crippen LogP contribution in [0.3, 0.4) is 0 Å². The summed E-state index contributed by atoms with van der Waals surface area (Å²) in [5.74, 6) is -0.579. The maximum absolute atomic E-state index is 14.4. The van der Waals surface area contributed by atoms with Gasteiger partial charge in [-0.2, -0.15) is 0 Å². The highest BCUT2D eigenvalue weighted by Crippen LogP contribution is 2.68. The number of ketones is 1. The molecule has 1 unspecified atom stereocenters. The second-order valence-electron chi connectivity index (χ2n) is 19.6. The first-order valence-electron chi connectivity index (χ1n) is 21.1. The molecule has 0 saturated heterocycles. The number of aliphatic hydroxyl groups excluding tert-OH is 1. The highest BCUT2D eigenvalue weighted by Gasteiger charge is 2.69. The standard InChI is InChI=1S/C46H70N2O7Si/c1-11-44(9)29-37(54-38(50)31-53-56(43(6,7)8,33-19-14-12-15-20-33)34-21-16-13-17-22-34)45(10)32(2)23-25-46(26-24-36(49)39(45)46)35(40(44)51)30-47-27-18-28-48-41(52)55-42(3,4)5/h12-17,19-22,32,35,37,39-40,47,51H,11,18,23-31H2,1-10H3,(H,48,52)/t32-,35+,37-,39?,40+,44+,45+,46+/m1/s1. The van der Waals surface area contributed by atoms with Gasteiger partial charge in [0.05, 0.1) is 6.10 Å². The predicted octanol–water partition coefficient (Wildman–Crippen LogP) is 7.18. The lowest BCUT2D eigenvalue weighted by molar-refractivity contribution is -0.214. The van der Waals surface area contributed by atoms with Crippen molar-refractivity contribution in [1.29, 1.82) is 0 Å². The summed E-state index contributed by atoms with van der Waals surface area (Å²) in [5, 5.41) is 20.9. The number of esters is 1. The molecule has 2 aromatic carbocycles. The third-order valence-corrected chi connectivity index (χ3v) is 19.1. The molecule has 2 aromatic rings. The molecule has 10 heteroatoms. The number of amides is 1. The van der Waals surface area contributed by atoms with E-state index in [1.807, 2.05) is 57.2 Å². The van der Waals surface area contributed by atoms with Crippen LogP contribution in [0.15, 0.2) is 60.7 Å². The molecule has 0 spiro atoms. The minimum Gasteiger partial charge on any atom is -0.460 e. The van der Waals surface area contributed by atoms with Crippen molar-refractivity contribution < 1.29 is 33.4 Å². The minimum absolute atomic E-state index is 0.127. The van der Waals surface area contributed by atoms with Gasteiger partial charge in [0.25, 0.3) is 8.32 Å². The van der Waals surface area contributed by atoms with Crippen LogP contribution < -0.4 is 21.0 Å². The highest BCUT2D eigenvalue weighted by molar-refractivity contribution is 6.99. The van der Waals surface area contributed by atoms with Gasteiger partial charge in [-0.05, 0) is 98.0 Å². The van der Waals surface area contributed by atoms with Crippen molar-refractivity contribution in [3.05, 3.63) is 60.7 Å². The Bertz CT molecular complexity index is 1620. The largest absolute Gasteiger partial charge is 0.460 e. The van der Waals surface area contributed by atoms with E-state index in [9.17, 15) is 19.5 Å². The van der Waals surface area contributed by atoms with Crippen LogP contribution in [0, 0.1) is 34.0 Å².